The zero-order valence-electron chi connectivity index (χ0n) is 8.44. The maximum Gasteiger partial charge on any atom is 0.0797 e. The molecule has 1 saturated heterocycles. The fraction of sp³-hybridized carbons (Fsp3) is 0.700. The first-order valence-corrected chi connectivity index (χ1v) is 6.44. The Kier molecular flexibility index (Phi) is 3.47. The Morgan fingerprint density at radius 2 is 2.57 bits per heavy atom. The van der Waals surface area contributed by atoms with Gasteiger partial charge in [-0.3, -0.25) is 0 Å². The van der Waals surface area contributed by atoms with Gasteiger partial charge < -0.3 is 4.90 Å². The largest absolute Gasteiger partial charge is 0.302 e. The average molecular weight is 228 g/mol. The number of nitrogens with zero attached hydrogens (tertiary/aromatic N) is 2. The van der Waals surface area contributed by atoms with Crippen molar-refractivity contribution in [2.24, 2.45) is 0 Å². The van der Waals surface area contributed by atoms with E-state index in [4.69, 9.17) is 0 Å². The topological polar surface area (TPSA) is 16.1 Å². The Morgan fingerprint density at radius 1 is 1.71 bits per heavy atom. The van der Waals surface area contributed by atoms with Crippen LogP contribution >= 0.6 is 24.0 Å². The zero-order chi connectivity index (χ0) is 9.97. The molecule has 2 nitrogen and oxygen atoms in total. The zero-order valence-corrected chi connectivity index (χ0v) is 10.2. The van der Waals surface area contributed by atoms with Gasteiger partial charge in [0.25, 0.3) is 0 Å². The molecule has 1 atom stereocenters. The number of aromatic nitrogens is 1. The van der Waals surface area contributed by atoms with E-state index in [1.165, 1.54) is 30.1 Å². The Morgan fingerprint density at radius 3 is 3.14 bits per heavy atom. The van der Waals surface area contributed by atoms with Gasteiger partial charge in [0.15, 0.2) is 0 Å². The van der Waals surface area contributed by atoms with Crippen molar-refractivity contribution in [3.8, 4) is 0 Å². The van der Waals surface area contributed by atoms with E-state index in [-0.39, 0.29) is 0 Å². The minimum Gasteiger partial charge on any atom is -0.302 e. The quantitative estimate of drug-likeness (QED) is 0.797. The molecule has 2 heterocycles. The molecule has 78 valence electrons. The molecule has 0 aromatic carbocycles. The molecule has 1 aliphatic heterocycles. The Balaban J connectivity index is 1.80. The van der Waals surface area contributed by atoms with Crippen LogP contribution in [-0.4, -0.2) is 34.8 Å². The average Bonchev–Trinajstić information content (AvgIpc) is 2.72. The Hall–Kier alpha value is -0.0600. The lowest BCUT2D eigenvalue weighted by atomic mass is 10.3. The fourth-order valence-electron chi connectivity index (χ4n) is 1.84. The minimum atomic E-state index is 0.595. The van der Waals surface area contributed by atoms with Crippen molar-refractivity contribution < 1.29 is 0 Å². The summed E-state index contributed by atoms with van der Waals surface area (Å²) in [4.78, 5) is 8.20. The van der Waals surface area contributed by atoms with Crippen LogP contribution in [0.2, 0.25) is 0 Å². The molecule has 1 unspecified atom stereocenters. The van der Waals surface area contributed by atoms with Crippen molar-refractivity contribution in [3.63, 3.8) is 0 Å². The summed E-state index contributed by atoms with van der Waals surface area (Å²) in [5, 5.41) is 0.595. The van der Waals surface area contributed by atoms with Crippen molar-refractivity contribution in [2.75, 3.05) is 19.6 Å². The van der Waals surface area contributed by atoms with Crippen LogP contribution in [0.3, 0.4) is 0 Å². The lowest BCUT2D eigenvalue weighted by Gasteiger charge is -2.13. The molecule has 0 aliphatic carbocycles. The molecule has 1 aromatic rings. The van der Waals surface area contributed by atoms with Crippen molar-refractivity contribution in [1.82, 2.24) is 9.88 Å². The number of thiol groups is 1. The van der Waals surface area contributed by atoms with Gasteiger partial charge in [0.05, 0.1) is 11.2 Å². The van der Waals surface area contributed by atoms with E-state index < -0.39 is 0 Å². The Labute approximate surface area is 94.8 Å². The van der Waals surface area contributed by atoms with Crippen molar-refractivity contribution in [3.05, 3.63) is 16.1 Å². The SMILES string of the molecule is Cc1ncsc1CCN1CCC(S)C1. The maximum absolute atomic E-state index is 4.49. The normalized spacial score (nSPS) is 23.1. The first-order chi connectivity index (χ1) is 6.75. The van der Waals surface area contributed by atoms with Gasteiger partial charge in [0, 0.05) is 23.2 Å². The minimum absolute atomic E-state index is 0.595. The molecule has 0 saturated carbocycles. The molecule has 14 heavy (non-hydrogen) atoms. The highest BCUT2D eigenvalue weighted by molar-refractivity contribution is 7.81. The summed E-state index contributed by atoms with van der Waals surface area (Å²) in [6, 6.07) is 0. The molecule has 0 amide bonds. The monoisotopic (exact) mass is 228 g/mol. The van der Waals surface area contributed by atoms with Crippen LogP contribution in [-0.2, 0) is 6.42 Å². The molecule has 0 N–H and O–H groups in total. The first kappa shape index (κ1) is 10.5. The van der Waals surface area contributed by atoms with Gasteiger partial charge in [-0.1, -0.05) is 0 Å². The van der Waals surface area contributed by atoms with Gasteiger partial charge >= 0.3 is 0 Å². The van der Waals surface area contributed by atoms with Gasteiger partial charge in [-0.05, 0) is 26.3 Å². The fourth-order valence-corrected chi connectivity index (χ4v) is 2.96. The molecular formula is C10H16N2S2. The second-order valence-electron chi connectivity index (χ2n) is 3.85. The molecule has 0 bridgehead atoms. The number of hydrogen-bond donors (Lipinski definition) is 1. The van der Waals surface area contributed by atoms with Gasteiger partial charge in [-0.15, -0.1) is 11.3 Å². The molecule has 0 spiro atoms. The van der Waals surface area contributed by atoms with Crippen LogP contribution in [0.5, 0.6) is 0 Å². The molecular weight excluding hydrogens is 212 g/mol. The number of rotatable bonds is 3. The molecule has 1 fully saturated rings. The summed E-state index contributed by atoms with van der Waals surface area (Å²) in [7, 11) is 0. The van der Waals surface area contributed by atoms with Gasteiger partial charge in [-0.25, -0.2) is 4.98 Å². The van der Waals surface area contributed by atoms with Gasteiger partial charge in [0.2, 0.25) is 0 Å². The summed E-state index contributed by atoms with van der Waals surface area (Å²) >= 11 is 6.27. The number of aryl methyl sites for hydroxylation is 1. The first-order valence-electron chi connectivity index (χ1n) is 5.05. The van der Waals surface area contributed by atoms with Crippen molar-refractivity contribution in [2.45, 2.75) is 25.0 Å². The molecule has 2 rings (SSSR count). The van der Waals surface area contributed by atoms with E-state index >= 15 is 0 Å². The third-order valence-corrected chi connectivity index (χ3v) is 4.16. The van der Waals surface area contributed by atoms with Crippen LogP contribution in [0.25, 0.3) is 0 Å². The van der Waals surface area contributed by atoms with E-state index in [0.29, 0.717) is 5.25 Å². The molecule has 1 aromatic heterocycles. The van der Waals surface area contributed by atoms with E-state index in [1.807, 2.05) is 5.51 Å². The van der Waals surface area contributed by atoms with Crippen molar-refractivity contribution >= 4 is 24.0 Å². The standard InChI is InChI=1S/C10H16N2S2/c1-8-10(14-7-11-8)3-5-12-4-2-9(13)6-12/h7,9,13H,2-6H2,1H3. The highest BCUT2D eigenvalue weighted by Crippen LogP contribution is 2.17. The lowest BCUT2D eigenvalue weighted by molar-refractivity contribution is 0.345. The van der Waals surface area contributed by atoms with E-state index in [2.05, 4.69) is 29.4 Å². The van der Waals surface area contributed by atoms with E-state index in [0.717, 1.165) is 13.0 Å². The number of thiazole rings is 1. The van der Waals surface area contributed by atoms with Gasteiger partial charge in [0.1, 0.15) is 0 Å². The van der Waals surface area contributed by atoms with Crippen LogP contribution in [0.1, 0.15) is 17.0 Å². The third-order valence-electron chi connectivity index (χ3n) is 2.75. The highest BCUT2D eigenvalue weighted by Gasteiger charge is 2.18. The smallest absolute Gasteiger partial charge is 0.0797 e. The van der Waals surface area contributed by atoms with Crippen LogP contribution in [0, 0.1) is 6.92 Å². The predicted molar refractivity (Wildman–Crippen MR) is 64.4 cm³/mol. The summed E-state index contributed by atoms with van der Waals surface area (Å²) < 4.78 is 0. The second kappa shape index (κ2) is 4.64. The summed E-state index contributed by atoms with van der Waals surface area (Å²) in [5.74, 6) is 0. The predicted octanol–water partition coefficient (Wildman–Crippen LogP) is 2.00. The third kappa shape index (κ3) is 2.49. The number of hydrogen-bond acceptors (Lipinski definition) is 4. The van der Waals surface area contributed by atoms with E-state index in [9.17, 15) is 0 Å². The van der Waals surface area contributed by atoms with Gasteiger partial charge in [-0.2, -0.15) is 12.6 Å². The summed E-state index contributed by atoms with van der Waals surface area (Å²) in [6.45, 7) is 5.63. The lowest BCUT2D eigenvalue weighted by Crippen LogP contribution is -2.23. The summed E-state index contributed by atoms with van der Waals surface area (Å²) in [6.07, 6.45) is 2.39. The molecule has 0 radical (unpaired) electrons. The molecule has 1 aliphatic rings. The number of likely N-dealkylation sites (tertiary alicyclic amines) is 1. The highest BCUT2D eigenvalue weighted by atomic mass is 32.1. The Bertz CT molecular complexity index is 298. The van der Waals surface area contributed by atoms with Crippen LogP contribution in [0.4, 0.5) is 0 Å². The van der Waals surface area contributed by atoms with Crippen LogP contribution in [0.15, 0.2) is 5.51 Å². The van der Waals surface area contributed by atoms with Crippen molar-refractivity contribution in [1.29, 1.82) is 0 Å². The van der Waals surface area contributed by atoms with E-state index in [1.54, 1.807) is 11.3 Å². The second-order valence-corrected chi connectivity index (χ2v) is 5.52. The summed E-state index contributed by atoms with van der Waals surface area (Å²) in [5.41, 5.74) is 3.15. The maximum atomic E-state index is 4.49. The molecule has 4 heteroatoms. The van der Waals surface area contributed by atoms with Crippen LogP contribution < -0.4 is 0 Å².